The molecule has 5 heteroatoms. The van der Waals surface area contributed by atoms with Crippen LogP contribution in [-0.4, -0.2) is 35.7 Å². The van der Waals surface area contributed by atoms with Crippen LogP contribution >= 0.6 is 0 Å². The maximum atomic E-state index is 12.1. The first-order valence-electron chi connectivity index (χ1n) is 7.75. The summed E-state index contributed by atoms with van der Waals surface area (Å²) in [4.78, 5) is 12.1. The van der Waals surface area contributed by atoms with Crippen LogP contribution in [-0.2, 0) is 4.65 Å². The van der Waals surface area contributed by atoms with Crippen LogP contribution in [0.25, 0.3) is 0 Å². The van der Waals surface area contributed by atoms with Gasteiger partial charge in [-0.25, -0.2) is 0 Å². The van der Waals surface area contributed by atoms with Gasteiger partial charge < -0.3 is 15.1 Å². The van der Waals surface area contributed by atoms with Crippen molar-refractivity contribution in [2.45, 2.75) is 64.7 Å². The van der Waals surface area contributed by atoms with Gasteiger partial charge in [-0.2, -0.15) is 0 Å². The molecule has 1 aliphatic carbocycles. The monoisotopic (exact) mass is 302 g/mol. The van der Waals surface area contributed by atoms with Gasteiger partial charge in [0.05, 0.1) is 11.2 Å². The largest absolute Gasteiger partial charge is 0.427 e. The summed E-state index contributed by atoms with van der Waals surface area (Å²) < 4.78 is 5.73. The number of nitrogens with one attached hydrogen (secondary N) is 1. The summed E-state index contributed by atoms with van der Waals surface area (Å²) in [5.74, 6) is -0.00992. The topological polar surface area (TPSA) is 58.6 Å². The molecule has 0 bridgehead atoms. The molecule has 0 aromatic heterocycles. The van der Waals surface area contributed by atoms with Gasteiger partial charge in [0.1, 0.15) is 0 Å². The minimum Gasteiger partial charge on any atom is -0.427 e. The van der Waals surface area contributed by atoms with Crippen LogP contribution in [0.1, 0.15) is 56.5 Å². The van der Waals surface area contributed by atoms with E-state index >= 15 is 0 Å². The molecular formula is C17H25BNO3. The lowest BCUT2D eigenvalue weighted by molar-refractivity contribution is -0.0893. The van der Waals surface area contributed by atoms with Gasteiger partial charge in [-0.3, -0.25) is 4.79 Å². The van der Waals surface area contributed by atoms with E-state index in [0.29, 0.717) is 11.6 Å². The van der Waals surface area contributed by atoms with Crippen LogP contribution in [0.15, 0.2) is 18.2 Å². The summed E-state index contributed by atoms with van der Waals surface area (Å²) in [6.45, 7) is 9.04. The van der Waals surface area contributed by atoms with Gasteiger partial charge in [0.2, 0.25) is 0 Å². The fraction of sp³-hybridized carbons (Fsp3) is 0.588. The van der Waals surface area contributed by atoms with Crippen LogP contribution < -0.4 is 10.8 Å². The summed E-state index contributed by atoms with van der Waals surface area (Å²) in [6, 6.07) is 5.95. The van der Waals surface area contributed by atoms with Crippen molar-refractivity contribution in [1.82, 2.24) is 5.32 Å². The molecule has 4 nitrogen and oxygen atoms in total. The zero-order valence-electron chi connectivity index (χ0n) is 14.1. The Morgan fingerprint density at radius 3 is 2.45 bits per heavy atom. The Kier molecular flexibility index (Phi) is 4.69. The number of aryl methyl sites for hydroxylation is 1. The van der Waals surface area contributed by atoms with Gasteiger partial charge in [-0.1, -0.05) is 17.6 Å². The Hall–Kier alpha value is -1.33. The summed E-state index contributed by atoms with van der Waals surface area (Å²) >= 11 is 0. The van der Waals surface area contributed by atoms with Gasteiger partial charge in [0.25, 0.3) is 5.91 Å². The van der Waals surface area contributed by atoms with Gasteiger partial charge in [0, 0.05) is 11.6 Å². The summed E-state index contributed by atoms with van der Waals surface area (Å²) in [6.07, 6.45) is 2.16. The van der Waals surface area contributed by atoms with E-state index < -0.39 is 11.2 Å². The Labute approximate surface area is 133 Å². The molecule has 119 valence electrons. The minimum atomic E-state index is -0.956. The van der Waals surface area contributed by atoms with Crippen molar-refractivity contribution < 1.29 is 14.6 Å². The second-order valence-corrected chi connectivity index (χ2v) is 7.13. The molecule has 0 unspecified atom stereocenters. The quantitative estimate of drug-likeness (QED) is 0.786. The Balaban J connectivity index is 2.01. The highest BCUT2D eigenvalue weighted by Gasteiger charge is 2.35. The number of rotatable bonds is 6. The number of hydrogen-bond donors (Lipinski definition) is 2. The number of amides is 1. The van der Waals surface area contributed by atoms with E-state index in [-0.39, 0.29) is 5.91 Å². The molecule has 1 aliphatic rings. The third-order valence-corrected chi connectivity index (χ3v) is 4.37. The van der Waals surface area contributed by atoms with E-state index in [1.54, 1.807) is 21.3 Å². The lowest BCUT2D eigenvalue weighted by Crippen LogP contribution is -2.49. The van der Waals surface area contributed by atoms with Gasteiger partial charge >= 0.3 is 7.48 Å². The van der Waals surface area contributed by atoms with Gasteiger partial charge in [-0.05, 0) is 59.1 Å². The van der Waals surface area contributed by atoms with Crippen molar-refractivity contribution in [3.8, 4) is 0 Å². The highest BCUT2D eigenvalue weighted by atomic mass is 16.5. The SMILES string of the molecule is Cc1cc([B]OC(C)(C)C(C)(C)O)ccc1C(=O)NC1CC1. The van der Waals surface area contributed by atoms with E-state index in [4.69, 9.17) is 4.65 Å². The molecule has 1 saturated carbocycles. The standard InChI is InChI=1S/C17H25BNO3/c1-11-10-12(18-22-17(4,5)16(2,3)21)6-9-14(11)15(20)19-13-7-8-13/h6,9-10,13,21H,7-8H2,1-5H3,(H,19,20). The van der Waals surface area contributed by atoms with Crippen LogP contribution in [0, 0.1) is 6.92 Å². The highest BCUT2D eigenvalue weighted by molar-refractivity contribution is 6.47. The van der Waals surface area contributed by atoms with Crippen LogP contribution in [0.5, 0.6) is 0 Å². The smallest absolute Gasteiger partial charge is 0.330 e. The molecule has 1 aromatic carbocycles. The molecule has 1 fully saturated rings. The molecule has 1 aromatic rings. The van der Waals surface area contributed by atoms with Crippen LogP contribution in [0.4, 0.5) is 0 Å². The lowest BCUT2D eigenvalue weighted by Gasteiger charge is -2.37. The number of aliphatic hydroxyl groups is 1. The molecule has 0 aliphatic heterocycles. The lowest BCUT2D eigenvalue weighted by atomic mass is 9.81. The summed E-state index contributed by atoms with van der Waals surface area (Å²) in [5, 5.41) is 13.1. The molecule has 0 atom stereocenters. The van der Waals surface area contributed by atoms with Crippen molar-refractivity contribution in [1.29, 1.82) is 0 Å². The molecule has 1 amide bonds. The number of carbonyl (C=O) groups excluding carboxylic acids is 1. The van der Waals surface area contributed by atoms with Crippen molar-refractivity contribution >= 4 is 18.9 Å². The van der Waals surface area contributed by atoms with Crippen molar-refractivity contribution in [3.05, 3.63) is 29.3 Å². The van der Waals surface area contributed by atoms with Crippen LogP contribution in [0.3, 0.4) is 0 Å². The summed E-state index contributed by atoms with van der Waals surface area (Å²) in [7, 11) is 1.63. The van der Waals surface area contributed by atoms with E-state index in [0.717, 1.165) is 23.9 Å². The first kappa shape index (κ1) is 17.0. The number of carbonyl (C=O) groups is 1. The van der Waals surface area contributed by atoms with E-state index in [9.17, 15) is 9.90 Å². The first-order valence-corrected chi connectivity index (χ1v) is 7.75. The maximum Gasteiger partial charge on any atom is 0.330 e. The predicted octanol–water partition coefficient (Wildman–Crippen LogP) is 1.70. The second-order valence-electron chi connectivity index (χ2n) is 7.13. The van der Waals surface area contributed by atoms with Crippen molar-refractivity contribution in [2.24, 2.45) is 0 Å². The first-order chi connectivity index (χ1) is 10.1. The Bertz CT molecular complexity index is 560. The third kappa shape index (κ3) is 4.11. The zero-order valence-corrected chi connectivity index (χ0v) is 14.1. The molecule has 0 saturated heterocycles. The van der Waals surface area contributed by atoms with E-state index in [2.05, 4.69) is 5.32 Å². The fourth-order valence-corrected chi connectivity index (χ4v) is 1.87. The highest BCUT2D eigenvalue weighted by Crippen LogP contribution is 2.24. The maximum absolute atomic E-state index is 12.1. The molecule has 2 N–H and O–H groups in total. The predicted molar refractivity (Wildman–Crippen MR) is 88.5 cm³/mol. The Morgan fingerprint density at radius 1 is 1.32 bits per heavy atom. The third-order valence-electron chi connectivity index (χ3n) is 4.37. The Morgan fingerprint density at radius 2 is 1.95 bits per heavy atom. The molecule has 1 radical (unpaired) electrons. The molecule has 0 spiro atoms. The summed E-state index contributed by atoms with van der Waals surface area (Å²) in [5.41, 5.74) is 0.825. The van der Waals surface area contributed by atoms with Gasteiger partial charge in [-0.15, -0.1) is 0 Å². The second kappa shape index (κ2) is 6.05. The average Bonchev–Trinajstić information content (AvgIpc) is 3.19. The van der Waals surface area contributed by atoms with Crippen molar-refractivity contribution in [3.63, 3.8) is 0 Å². The molecule has 0 heterocycles. The van der Waals surface area contributed by atoms with Crippen LogP contribution in [0.2, 0.25) is 0 Å². The normalized spacial score (nSPS) is 15.5. The molecular weight excluding hydrogens is 277 g/mol. The minimum absolute atomic E-state index is 0.00992. The van der Waals surface area contributed by atoms with E-state index in [1.165, 1.54) is 0 Å². The fourth-order valence-electron chi connectivity index (χ4n) is 1.87. The average molecular weight is 302 g/mol. The molecule has 22 heavy (non-hydrogen) atoms. The van der Waals surface area contributed by atoms with Crippen molar-refractivity contribution in [2.75, 3.05) is 0 Å². The molecule has 2 rings (SSSR count). The van der Waals surface area contributed by atoms with E-state index in [1.807, 2.05) is 39.0 Å². The number of hydrogen-bond acceptors (Lipinski definition) is 3. The zero-order chi connectivity index (χ0) is 16.5. The number of benzene rings is 1. The van der Waals surface area contributed by atoms with Gasteiger partial charge in [0.15, 0.2) is 0 Å².